The van der Waals surface area contributed by atoms with Gasteiger partial charge in [-0.05, 0) is 62.1 Å². The zero-order valence-corrected chi connectivity index (χ0v) is 20.7. The molecule has 0 aromatic heterocycles. The minimum absolute atomic E-state index is 0.118. The van der Waals surface area contributed by atoms with E-state index >= 15 is 0 Å². The second-order valence-electron chi connectivity index (χ2n) is 10.1. The van der Waals surface area contributed by atoms with Gasteiger partial charge >= 0.3 is 0 Å². The molecule has 2 aliphatic heterocycles. The van der Waals surface area contributed by atoms with Crippen molar-refractivity contribution >= 4 is 5.91 Å². The van der Waals surface area contributed by atoms with Gasteiger partial charge in [-0.15, -0.1) is 0 Å². The predicted molar refractivity (Wildman–Crippen MR) is 137 cm³/mol. The van der Waals surface area contributed by atoms with E-state index in [1.807, 2.05) is 24.3 Å². The number of hydrogen-bond donors (Lipinski definition) is 1. The van der Waals surface area contributed by atoms with Crippen molar-refractivity contribution in [1.29, 1.82) is 0 Å². The summed E-state index contributed by atoms with van der Waals surface area (Å²) in [5, 5.41) is 10.2. The average Bonchev–Trinajstić information content (AvgIpc) is 3.42. The molecule has 3 aliphatic rings. The quantitative estimate of drug-likeness (QED) is 0.683. The van der Waals surface area contributed by atoms with Gasteiger partial charge in [0.1, 0.15) is 5.75 Å². The van der Waals surface area contributed by atoms with E-state index in [0.29, 0.717) is 5.91 Å². The van der Waals surface area contributed by atoms with Gasteiger partial charge in [0.25, 0.3) is 0 Å². The van der Waals surface area contributed by atoms with E-state index in [2.05, 4.69) is 45.9 Å². The Hall–Kier alpha value is -2.81. The summed E-state index contributed by atoms with van der Waals surface area (Å²) in [7, 11) is 1.66. The number of nitrogens with zero attached hydrogens (tertiary/aromatic N) is 2. The molecule has 3 fully saturated rings. The molecule has 2 aromatic carbocycles. The number of methoxy groups -OCH3 is 1. The molecule has 3 atom stereocenters. The number of ether oxygens (including phenoxy) is 1. The van der Waals surface area contributed by atoms with Gasteiger partial charge in [-0.3, -0.25) is 9.69 Å². The average molecular weight is 473 g/mol. The van der Waals surface area contributed by atoms with Crippen molar-refractivity contribution in [3.63, 3.8) is 0 Å². The Morgan fingerprint density at radius 2 is 1.74 bits per heavy atom. The largest absolute Gasteiger partial charge is 0.495 e. The molecule has 0 bridgehead atoms. The summed E-state index contributed by atoms with van der Waals surface area (Å²) >= 11 is 0. The van der Waals surface area contributed by atoms with Gasteiger partial charge in [0, 0.05) is 42.6 Å². The lowest BCUT2D eigenvalue weighted by atomic mass is 9.74. The van der Waals surface area contributed by atoms with Crippen molar-refractivity contribution < 1.29 is 14.6 Å². The van der Waals surface area contributed by atoms with E-state index in [4.69, 9.17) is 4.74 Å². The third-order valence-electron chi connectivity index (χ3n) is 8.13. The Morgan fingerprint density at radius 3 is 2.49 bits per heavy atom. The Morgan fingerprint density at radius 1 is 1.00 bits per heavy atom. The first-order valence-corrected chi connectivity index (χ1v) is 13.1. The molecule has 5 rings (SSSR count). The van der Waals surface area contributed by atoms with E-state index in [9.17, 15) is 9.90 Å². The molecule has 1 saturated carbocycles. The molecule has 1 N–H and O–H groups in total. The highest BCUT2D eigenvalue weighted by Gasteiger charge is 2.49. The van der Waals surface area contributed by atoms with Crippen LogP contribution in [0.2, 0.25) is 0 Å². The van der Waals surface area contributed by atoms with Crippen molar-refractivity contribution in [3.8, 4) is 17.6 Å². The van der Waals surface area contributed by atoms with Crippen LogP contribution in [0.1, 0.15) is 61.1 Å². The fraction of sp³-hybridized carbons (Fsp3) is 0.500. The van der Waals surface area contributed by atoms with Crippen molar-refractivity contribution in [1.82, 2.24) is 9.80 Å². The van der Waals surface area contributed by atoms with E-state index in [1.165, 1.54) is 18.4 Å². The normalized spacial score (nSPS) is 25.0. The molecule has 2 saturated heterocycles. The Bertz CT molecular complexity index is 1080. The number of carbonyl (C=O) groups excluding carboxylic acids is 1. The molecule has 1 amide bonds. The van der Waals surface area contributed by atoms with E-state index in [0.717, 1.165) is 62.2 Å². The third-order valence-corrected chi connectivity index (χ3v) is 8.13. The molecule has 1 aliphatic carbocycles. The first-order chi connectivity index (χ1) is 17.2. The topological polar surface area (TPSA) is 53.0 Å². The number of amides is 1. The van der Waals surface area contributed by atoms with Crippen LogP contribution in [0.4, 0.5) is 0 Å². The molecular formula is C30H36N2O3. The first-order valence-electron chi connectivity index (χ1n) is 13.1. The highest BCUT2D eigenvalue weighted by molar-refractivity contribution is 5.79. The highest BCUT2D eigenvalue weighted by atomic mass is 16.5. The number of aliphatic hydroxyl groups excluding tert-OH is 1. The minimum atomic E-state index is 0.118. The molecule has 35 heavy (non-hydrogen) atoms. The second kappa shape index (κ2) is 10.8. The molecule has 0 radical (unpaired) electrons. The Labute approximate surface area is 209 Å². The molecule has 0 unspecified atom stereocenters. The zero-order valence-electron chi connectivity index (χ0n) is 20.7. The summed E-state index contributed by atoms with van der Waals surface area (Å²) in [6.07, 6.45) is 6.58. The molecule has 2 heterocycles. The van der Waals surface area contributed by atoms with E-state index in [1.54, 1.807) is 7.11 Å². The second-order valence-corrected chi connectivity index (χ2v) is 10.1. The summed E-state index contributed by atoms with van der Waals surface area (Å²) in [6, 6.07) is 16.6. The van der Waals surface area contributed by atoms with Crippen molar-refractivity contribution in [2.24, 2.45) is 5.92 Å². The van der Waals surface area contributed by atoms with Crippen LogP contribution in [0.3, 0.4) is 0 Å². The van der Waals surface area contributed by atoms with Crippen molar-refractivity contribution in [3.05, 3.63) is 65.2 Å². The molecule has 184 valence electrons. The maximum Gasteiger partial charge on any atom is 0.225 e. The van der Waals surface area contributed by atoms with Crippen LogP contribution in [0.25, 0.3) is 0 Å². The first kappa shape index (κ1) is 23.9. The van der Waals surface area contributed by atoms with Crippen LogP contribution in [-0.4, -0.2) is 66.2 Å². The number of fused-ring (bicyclic) bond motifs is 1. The fourth-order valence-electron chi connectivity index (χ4n) is 6.25. The van der Waals surface area contributed by atoms with E-state index < -0.39 is 0 Å². The molecular weight excluding hydrogens is 436 g/mol. The summed E-state index contributed by atoms with van der Waals surface area (Å²) in [5.74, 6) is 8.05. The molecule has 2 aromatic rings. The number of hydrogen-bond acceptors (Lipinski definition) is 4. The lowest BCUT2D eigenvalue weighted by Crippen LogP contribution is -2.68. The van der Waals surface area contributed by atoms with Gasteiger partial charge in [0.15, 0.2) is 0 Å². The monoisotopic (exact) mass is 472 g/mol. The van der Waals surface area contributed by atoms with Crippen molar-refractivity contribution in [2.75, 3.05) is 33.4 Å². The van der Waals surface area contributed by atoms with Gasteiger partial charge < -0.3 is 14.7 Å². The molecule has 5 nitrogen and oxygen atoms in total. The Balaban J connectivity index is 1.33. The van der Waals surface area contributed by atoms with Gasteiger partial charge in [-0.25, -0.2) is 0 Å². The summed E-state index contributed by atoms with van der Waals surface area (Å²) < 4.78 is 5.40. The third kappa shape index (κ3) is 4.96. The van der Waals surface area contributed by atoms with Crippen LogP contribution < -0.4 is 4.74 Å². The van der Waals surface area contributed by atoms with Crippen LogP contribution in [0.15, 0.2) is 48.5 Å². The SMILES string of the molecule is COc1ccccc1C#Cc1ccc([C@@H]2[C@@H](CO)N3CCCCN(C(=O)C4CCCC4)C[C@@H]23)cc1. The predicted octanol–water partition coefficient (Wildman–Crippen LogP) is 4.04. The lowest BCUT2D eigenvalue weighted by molar-refractivity contribution is -0.140. The number of benzene rings is 2. The number of para-hydroxylation sites is 1. The summed E-state index contributed by atoms with van der Waals surface area (Å²) in [4.78, 5) is 17.8. The van der Waals surface area contributed by atoms with Crippen LogP contribution in [-0.2, 0) is 4.79 Å². The minimum Gasteiger partial charge on any atom is -0.495 e. The van der Waals surface area contributed by atoms with Gasteiger partial charge in [0.05, 0.1) is 19.3 Å². The Kier molecular flexibility index (Phi) is 7.41. The van der Waals surface area contributed by atoms with E-state index in [-0.39, 0.29) is 30.5 Å². The number of rotatable bonds is 4. The van der Waals surface area contributed by atoms with Gasteiger partial charge in [0.2, 0.25) is 5.91 Å². The van der Waals surface area contributed by atoms with Gasteiger partial charge in [-0.2, -0.15) is 0 Å². The smallest absolute Gasteiger partial charge is 0.225 e. The van der Waals surface area contributed by atoms with Gasteiger partial charge in [-0.1, -0.05) is 48.9 Å². The highest BCUT2D eigenvalue weighted by Crippen LogP contribution is 2.42. The maximum atomic E-state index is 13.2. The molecule has 5 heteroatoms. The van der Waals surface area contributed by atoms with Crippen LogP contribution in [0.5, 0.6) is 5.75 Å². The summed E-state index contributed by atoms with van der Waals surface area (Å²) in [6.45, 7) is 2.78. The van der Waals surface area contributed by atoms with Crippen LogP contribution in [0, 0.1) is 17.8 Å². The number of carbonyl (C=O) groups is 1. The lowest BCUT2D eigenvalue weighted by Gasteiger charge is -2.57. The maximum absolute atomic E-state index is 13.2. The van der Waals surface area contributed by atoms with Crippen LogP contribution >= 0.6 is 0 Å². The van der Waals surface area contributed by atoms with Crippen molar-refractivity contribution in [2.45, 2.75) is 56.5 Å². The number of aliphatic hydroxyl groups is 1. The summed E-state index contributed by atoms with van der Waals surface area (Å²) in [5.41, 5.74) is 3.05. The zero-order chi connectivity index (χ0) is 24.2. The fourth-order valence-corrected chi connectivity index (χ4v) is 6.25. The standard InChI is InChI=1S/C30H36N2O3/c1-35-28-11-5-4-8-23(28)15-12-22-13-16-24(17-14-22)29-26-20-31(30(34)25-9-2-3-10-25)18-6-7-19-32(26)27(29)21-33/h4-5,8,11,13-14,16-17,25-27,29,33H,2-3,6-7,9-10,18-21H2,1H3/t26-,27+,29-/m0/s1. The molecule has 0 spiro atoms.